The minimum atomic E-state index is 0.234. The Balaban J connectivity index is 2.18. The summed E-state index contributed by atoms with van der Waals surface area (Å²) in [5.41, 5.74) is 2.35. The Kier molecular flexibility index (Phi) is 3.61. The van der Waals surface area contributed by atoms with Crippen molar-refractivity contribution in [2.75, 3.05) is 5.32 Å². The molecular formula is C12H13BrN2S. The predicted molar refractivity (Wildman–Crippen MR) is 73.0 cm³/mol. The van der Waals surface area contributed by atoms with Crippen LogP contribution >= 0.6 is 27.3 Å². The molecule has 84 valence electrons. The molecular weight excluding hydrogens is 284 g/mol. The highest BCUT2D eigenvalue weighted by atomic mass is 79.9. The van der Waals surface area contributed by atoms with Gasteiger partial charge >= 0.3 is 0 Å². The van der Waals surface area contributed by atoms with Crippen molar-refractivity contribution in [2.24, 2.45) is 0 Å². The van der Waals surface area contributed by atoms with Gasteiger partial charge in [-0.15, -0.1) is 11.3 Å². The highest BCUT2D eigenvalue weighted by molar-refractivity contribution is 9.10. The lowest BCUT2D eigenvalue weighted by atomic mass is 10.2. The van der Waals surface area contributed by atoms with E-state index in [1.54, 1.807) is 11.3 Å². The minimum absolute atomic E-state index is 0.234. The standard InChI is InChI=1S/C12H13BrN2S/c1-8-4-3-5-10(11(8)13)15-9(2)12-14-6-7-16-12/h3-7,9,15H,1-2H3. The molecule has 2 nitrogen and oxygen atoms in total. The molecule has 4 heteroatoms. The van der Waals surface area contributed by atoms with Crippen molar-refractivity contribution in [2.45, 2.75) is 19.9 Å². The lowest BCUT2D eigenvalue weighted by Crippen LogP contribution is -2.06. The molecule has 1 aromatic carbocycles. The molecule has 16 heavy (non-hydrogen) atoms. The van der Waals surface area contributed by atoms with E-state index in [1.165, 1.54) is 5.56 Å². The first-order valence-corrected chi connectivity index (χ1v) is 6.77. The van der Waals surface area contributed by atoms with E-state index >= 15 is 0 Å². The molecule has 0 fully saturated rings. The molecule has 0 aliphatic rings. The number of thiazole rings is 1. The minimum Gasteiger partial charge on any atom is -0.375 e. The summed E-state index contributed by atoms with van der Waals surface area (Å²) in [6, 6.07) is 6.44. The molecule has 0 saturated carbocycles. The largest absolute Gasteiger partial charge is 0.375 e. The number of rotatable bonds is 3. The SMILES string of the molecule is Cc1cccc(NC(C)c2nccs2)c1Br. The van der Waals surface area contributed by atoms with Gasteiger partial charge in [-0.1, -0.05) is 12.1 Å². The first-order chi connectivity index (χ1) is 7.68. The average molecular weight is 297 g/mol. The third-order valence-electron chi connectivity index (χ3n) is 2.39. The van der Waals surface area contributed by atoms with Crippen LogP contribution in [0.3, 0.4) is 0 Å². The van der Waals surface area contributed by atoms with Crippen molar-refractivity contribution in [3.63, 3.8) is 0 Å². The molecule has 0 amide bonds. The molecule has 0 bridgehead atoms. The molecule has 2 rings (SSSR count). The summed E-state index contributed by atoms with van der Waals surface area (Å²) < 4.78 is 1.12. The normalized spacial score (nSPS) is 12.4. The molecule has 1 N–H and O–H groups in total. The zero-order valence-electron chi connectivity index (χ0n) is 9.20. The lowest BCUT2D eigenvalue weighted by molar-refractivity contribution is 0.868. The van der Waals surface area contributed by atoms with Gasteiger partial charge in [0.2, 0.25) is 0 Å². The number of anilines is 1. The number of halogens is 1. The number of benzene rings is 1. The van der Waals surface area contributed by atoms with Crippen LogP contribution in [0.5, 0.6) is 0 Å². The second-order valence-electron chi connectivity index (χ2n) is 3.67. The van der Waals surface area contributed by atoms with Crippen LogP contribution < -0.4 is 5.32 Å². The van der Waals surface area contributed by atoms with Crippen LogP contribution in [0.15, 0.2) is 34.2 Å². The van der Waals surface area contributed by atoms with Crippen molar-refractivity contribution < 1.29 is 0 Å². The fourth-order valence-corrected chi connectivity index (χ4v) is 2.53. The monoisotopic (exact) mass is 296 g/mol. The van der Waals surface area contributed by atoms with Gasteiger partial charge in [-0.05, 0) is 41.4 Å². The maximum Gasteiger partial charge on any atom is 0.115 e. The van der Waals surface area contributed by atoms with Crippen LogP contribution in [0.1, 0.15) is 23.5 Å². The van der Waals surface area contributed by atoms with Crippen molar-refractivity contribution in [3.05, 3.63) is 44.8 Å². The Labute approximate surface area is 108 Å². The second kappa shape index (κ2) is 4.97. The van der Waals surface area contributed by atoms with Crippen LogP contribution in [0, 0.1) is 6.92 Å². The van der Waals surface area contributed by atoms with Crippen molar-refractivity contribution in [3.8, 4) is 0 Å². The quantitative estimate of drug-likeness (QED) is 0.909. The summed E-state index contributed by atoms with van der Waals surface area (Å²) in [7, 11) is 0. The molecule has 0 aliphatic heterocycles. The molecule has 1 unspecified atom stereocenters. The van der Waals surface area contributed by atoms with E-state index in [2.05, 4.69) is 58.3 Å². The summed E-state index contributed by atoms with van der Waals surface area (Å²) in [5.74, 6) is 0. The summed E-state index contributed by atoms with van der Waals surface area (Å²) in [6.45, 7) is 4.21. The second-order valence-corrected chi connectivity index (χ2v) is 5.39. The first-order valence-electron chi connectivity index (χ1n) is 5.09. The number of aromatic nitrogens is 1. The third kappa shape index (κ3) is 2.44. The van der Waals surface area contributed by atoms with Crippen LogP contribution in [0.4, 0.5) is 5.69 Å². The number of hydrogen-bond acceptors (Lipinski definition) is 3. The summed E-state index contributed by atoms with van der Waals surface area (Å²) in [5, 5.41) is 6.56. The van der Waals surface area contributed by atoms with Gasteiger partial charge in [-0.3, -0.25) is 0 Å². The van der Waals surface area contributed by atoms with E-state index in [0.29, 0.717) is 0 Å². The van der Waals surface area contributed by atoms with Gasteiger partial charge in [0.1, 0.15) is 5.01 Å². The number of nitrogens with one attached hydrogen (secondary N) is 1. The number of hydrogen-bond donors (Lipinski definition) is 1. The zero-order valence-corrected chi connectivity index (χ0v) is 11.6. The van der Waals surface area contributed by atoms with Crippen LogP contribution in [0.2, 0.25) is 0 Å². The lowest BCUT2D eigenvalue weighted by Gasteiger charge is -2.15. The van der Waals surface area contributed by atoms with Gasteiger partial charge in [0.25, 0.3) is 0 Å². The maximum atomic E-state index is 4.31. The molecule has 0 aliphatic carbocycles. The highest BCUT2D eigenvalue weighted by Gasteiger charge is 2.10. The van der Waals surface area contributed by atoms with E-state index in [4.69, 9.17) is 0 Å². The van der Waals surface area contributed by atoms with E-state index in [9.17, 15) is 0 Å². The summed E-state index contributed by atoms with van der Waals surface area (Å²) >= 11 is 5.26. The van der Waals surface area contributed by atoms with Crippen LogP contribution in [-0.2, 0) is 0 Å². The average Bonchev–Trinajstić information content (AvgIpc) is 2.78. The Morgan fingerprint density at radius 2 is 2.25 bits per heavy atom. The van der Waals surface area contributed by atoms with Gasteiger partial charge in [-0.25, -0.2) is 4.98 Å². The van der Waals surface area contributed by atoms with E-state index < -0.39 is 0 Å². The van der Waals surface area contributed by atoms with Crippen molar-refractivity contribution in [1.29, 1.82) is 0 Å². The fraction of sp³-hybridized carbons (Fsp3) is 0.250. The Morgan fingerprint density at radius 1 is 1.44 bits per heavy atom. The van der Waals surface area contributed by atoms with E-state index in [0.717, 1.165) is 15.2 Å². The Morgan fingerprint density at radius 3 is 2.94 bits per heavy atom. The van der Waals surface area contributed by atoms with Gasteiger partial charge in [-0.2, -0.15) is 0 Å². The van der Waals surface area contributed by atoms with E-state index in [-0.39, 0.29) is 6.04 Å². The van der Waals surface area contributed by atoms with Crippen LogP contribution in [-0.4, -0.2) is 4.98 Å². The van der Waals surface area contributed by atoms with E-state index in [1.807, 2.05) is 11.6 Å². The fourth-order valence-electron chi connectivity index (χ4n) is 1.50. The van der Waals surface area contributed by atoms with Crippen molar-refractivity contribution >= 4 is 33.0 Å². The topological polar surface area (TPSA) is 24.9 Å². The summed E-state index contributed by atoms with van der Waals surface area (Å²) in [4.78, 5) is 4.31. The van der Waals surface area contributed by atoms with Crippen LogP contribution in [0.25, 0.3) is 0 Å². The van der Waals surface area contributed by atoms with Gasteiger partial charge in [0.05, 0.1) is 6.04 Å². The number of aryl methyl sites for hydroxylation is 1. The maximum absolute atomic E-state index is 4.31. The van der Waals surface area contributed by atoms with Gasteiger partial charge < -0.3 is 5.32 Å². The molecule has 0 radical (unpaired) electrons. The summed E-state index contributed by atoms with van der Waals surface area (Å²) in [6.07, 6.45) is 1.84. The highest BCUT2D eigenvalue weighted by Crippen LogP contribution is 2.29. The Hall–Kier alpha value is -0.870. The molecule has 2 aromatic rings. The molecule has 1 atom stereocenters. The molecule has 1 aromatic heterocycles. The molecule has 0 saturated heterocycles. The third-order valence-corrected chi connectivity index (χ3v) is 4.40. The first kappa shape index (κ1) is 11.6. The zero-order chi connectivity index (χ0) is 11.5. The smallest absolute Gasteiger partial charge is 0.115 e. The van der Waals surface area contributed by atoms with Crippen molar-refractivity contribution in [1.82, 2.24) is 4.98 Å². The van der Waals surface area contributed by atoms with Gasteiger partial charge in [0, 0.05) is 21.7 Å². The molecule has 0 spiro atoms. The van der Waals surface area contributed by atoms with Gasteiger partial charge in [0.15, 0.2) is 0 Å². The molecule has 1 heterocycles. The Bertz CT molecular complexity index is 468. The number of nitrogens with zero attached hydrogens (tertiary/aromatic N) is 1. The predicted octanol–water partition coefficient (Wildman–Crippen LogP) is 4.39.